The van der Waals surface area contributed by atoms with Crippen molar-refractivity contribution in [1.82, 2.24) is 10.2 Å². The molecule has 2 N–H and O–H groups in total. The van der Waals surface area contributed by atoms with Crippen molar-refractivity contribution in [2.45, 2.75) is 13.0 Å². The predicted molar refractivity (Wildman–Crippen MR) is 70.5 cm³/mol. The maximum Gasteiger partial charge on any atom is 0.0628 e. The summed E-state index contributed by atoms with van der Waals surface area (Å²) in [6, 6.07) is 5.98. The van der Waals surface area contributed by atoms with E-state index in [1.807, 2.05) is 25.1 Å². The average Bonchev–Trinajstić information content (AvgIpc) is 2.34. The van der Waals surface area contributed by atoms with Gasteiger partial charge in [0.05, 0.1) is 12.6 Å². The molecule has 3 nitrogen and oxygen atoms in total. The number of piperazine rings is 1. The second kappa shape index (κ2) is 5.83. The van der Waals surface area contributed by atoms with Crippen LogP contribution in [0.5, 0.6) is 0 Å². The first-order valence-electron chi connectivity index (χ1n) is 6.04. The molecule has 17 heavy (non-hydrogen) atoms. The van der Waals surface area contributed by atoms with Gasteiger partial charge in [0.25, 0.3) is 0 Å². The molecule has 1 aromatic carbocycles. The van der Waals surface area contributed by atoms with Crippen LogP contribution in [0.25, 0.3) is 0 Å². The monoisotopic (exact) mass is 254 g/mol. The smallest absolute Gasteiger partial charge is 0.0628 e. The maximum atomic E-state index is 9.63. The molecule has 1 aliphatic rings. The highest BCUT2D eigenvalue weighted by molar-refractivity contribution is 6.30. The molecule has 1 aliphatic heterocycles. The van der Waals surface area contributed by atoms with E-state index in [1.54, 1.807) is 0 Å². The van der Waals surface area contributed by atoms with Crippen molar-refractivity contribution in [2.75, 3.05) is 32.8 Å². The SMILES string of the molecule is Cc1cc(Cl)ccc1[C@@H](CO)N1CCNCC1. The van der Waals surface area contributed by atoms with Crippen LogP contribution in [0.3, 0.4) is 0 Å². The van der Waals surface area contributed by atoms with Gasteiger partial charge in [0.15, 0.2) is 0 Å². The van der Waals surface area contributed by atoms with Crippen LogP contribution in [0, 0.1) is 6.92 Å². The van der Waals surface area contributed by atoms with Crippen LogP contribution in [0.1, 0.15) is 17.2 Å². The van der Waals surface area contributed by atoms with Crippen LogP contribution in [-0.4, -0.2) is 42.8 Å². The molecule has 1 fully saturated rings. The van der Waals surface area contributed by atoms with E-state index in [0.717, 1.165) is 36.8 Å². The first-order valence-corrected chi connectivity index (χ1v) is 6.42. The molecule has 1 atom stereocenters. The number of aliphatic hydroxyl groups excluding tert-OH is 1. The molecule has 0 spiro atoms. The van der Waals surface area contributed by atoms with Crippen molar-refractivity contribution in [3.8, 4) is 0 Å². The Balaban J connectivity index is 2.21. The number of hydrogen-bond acceptors (Lipinski definition) is 3. The molecule has 1 heterocycles. The molecule has 0 amide bonds. The summed E-state index contributed by atoms with van der Waals surface area (Å²) in [6.45, 7) is 6.14. The van der Waals surface area contributed by atoms with E-state index in [9.17, 15) is 5.11 Å². The van der Waals surface area contributed by atoms with Crippen molar-refractivity contribution in [1.29, 1.82) is 0 Å². The summed E-state index contributed by atoms with van der Waals surface area (Å²) in [4.78, 5) is 2.33. The minimum Gasteiger partial charge on any atom is -0.394 e. The topological polar surface area (TPSA) is 35.5 Å². The van der Waals surface area contributed by atoms with Crippen molar-refractivity contribution in [2.24, 2.45) is 0 Å². The lowest BCUT2D eigenvalue weighted by atomic mass is 10.00. The molecular weight excluding hydrogens is 236 g/mol. The molecule has 0 unspecified atom stereocenters. The molecule has 0 bridgehead atoms. The van der Waals surface area contributed by atoms with Crippen LogP contribution in [0.2, 0.25) is 5.02 Å². The number of nitrogens with one attached hydrogen (secondary N) is 1. The number of halogens is 1. The number of aliphatic hydroxyl groups is 1. The molecule has 0 saturated carbocycles. The fourth-order valence-electron chi connectivity index (χ4n) is 2.42. The summed E-state index contributed by atoms with van der Waals surface area (Å²) >= 11 is 5.96. The standard InChI is InChI=1S/C13H19ClN2O/c1-10-8-11(14)2-3-12(10)13(9-17)16-6-4-15-5-7-16/h2-3,8,13,15,17H,4-7,9H2,1H3/t13-/m1/s1. The van der Waals surface area contributed by atoms with Crippen LogP contribution in [0.4, 0.5) is 0 Å². The minimum absolute atomic E-state index is 0.0920. The zero-order valence-corrected chi connectivity index (χ0v) is 10.9. The largest absolute Gasteiger partial charge is 0.394 e. The third-order valence-corrected chi connectivity index (χ3v) is 3.59. The van der Waals surface area contributed by atoms with Gasteiger partial charge in [-0.2, -0.15) is 0 Å². The first-order chi connectivity index (χ1) is 8.22. The van der Waals surface area contributed by atoms with Crippen LogP contribution in [0.15, 0.2) is 18.2 Å². The molecule has 1 aromatic rings. The lowest BCUT2D eigenvalue weighted by Crippen LogP contribution is -2.46. The Kier molecular flexibility index (Phi) is 4.40. The van der Waals surface area contributed by atoms with E-state index in [4.69, 9.17) is 11.6 Å². The number of rotatable bonds is 3. The van der Waals surface area contributed by atoms with Gasteiger partial charge in [-0.05, 0) is 30.2 Å². The molecule has 0 aliphatic carbocycles. The molecule has 2 rings (SSSR count). The number of nitrogens with zero attached hydrogens (tertiary/aromatic N) is 1. The Hall–Kier alpha value is -0.610. The van der Waals surface area contributed by atoms with Gasteiger partial charge in [-0.15, -0.1) is 0 Å². The molecule has 4 heteroatoms. The minimum atomic E-state index is 0.0920. The normalized spacial score (nSPS) is 19.2. The number of benzene rings is 1. The van der Waals surface area contributed by atoms with Gasteiger partial charge < -0.3 is 10.4 Å². The second-order valence-electron chi connectivity index (χ2n) is 4.49. The fourth-order valence-corrected chi connectivity index (χ4v) is 2.64. The van der Waals surface area contributed by atoms with E-state index in [0.29, 0.717) is 0 Å². The van der Waals surface area contributed by atoms with E-state index in [1.165, 1.54) is 5.56 Å². The van der Waals surface area contributed by atoms with Gasteiger partial charge in [-0.3, -0.25) is 4.90 Å². The lowest BCUT2D eigenvalue weighted by Gasteiger charge is -2.34. The van der Waals surface area contributed by atoms with E-state index < -0.39 is 0 Å². The Labute approximate surface area is 107 Å². The number of aryl methyl sites for hydroxylation is 1. The number of hydrogen-bond donors (Lipinski definition) is 2. The fraction of sp³-hybridized carbons (Fsp3) is 0.538. The van der Waals surface area contributed by atoms with Crippen molar-refractivity contribution >= 4 is 11.6 Å². The summed E-state index contributed by atoms with van der Waals surface area (Å²) < 4.78 is 0. The third-order valence-electron chi connectivity index (χ3n) is 3.36. The summed E-state index contributed by atoms with van der Waals surface area (Å²) in [5.74, 6) is 0. The predicted octanol–water partition coefficient (Wildman–Crippen LogP) is 1.59. The van der Waals surface area contributed by atoms with Gasteiger partial charge in [0.1, 0.15) is 0 Å². The van der Waals surface area contributed by atoms with Crippen LogP contribution in [-0.2, 0) is 0 Å². The van der Waals surface area contributed by atoms with Gasteiger partial charge in [0, 0.05) is 31.2 Å². The third kappa shape index (κ3) is 2.99. The average molecular weight is 255 g/mol. The zero-order chi connectivity index (χ0) is 12.3. The quantitative estimate of drug-likeness (QED) is 0.860. The van der Waals surface area contributed by atoms with E-state index in [2.05, 4.69) is 10.2 Å². The Bertz CT molecular complexity index is 378. The van der Waals surface area contributed by atoms with Crippen molar-refractivity contribution < 1.29 is 5.11 Å². The van der Waals surface area contributed by atoms with Crippen LogP contribution < -0.4 is 5.32 Å². The summed E-state index contributed by atoms with van der Waals surface area (Å²) in [7, 11) is 0. The highest BCUT2D eigenvalue weighted by atomic mass is 35.5. The Morgan fingerprint density at radius 2 is 2.12 bits per heavy atom. The Morgan fingerprint density at radius 3 is 2.71 bits per heavy atom. The van der Waals surface area contributed by atoms with E-state index in [-0.39, 0.29) is 12.6 Å². The van der Waals surface area contributed by atoms with Gasteiger partial charge >= 0.3 is 0 Å². The van der Waals surface area contributed by atoms with Gasteiger partial charge in [-0.1, -0.05) is 17.7 Å². The van der Waals surface area contributed by atoms with Gasteiger partial charge in [0.2, 0.25) is 0 Å². The maximum absolute atomic E-state index is 9.63. The second-order valence-corrected chi connectivity index (χ2v) is 4.92. The molecule has 0 aromatic heterocycles. The summed E-state index contributed by atoms with van der Waals surface area (Å²) in [6.07, 6.45) is 0. The molecular formula is C13H19ClN2O. The Morgan fingerprint density at radius 1 is 1.41 bits per heavy atom. The summed E-state index contributed by atoms with van der Waals surface area (Å²) in [5, 5.41) is 13.7. The van der Waals surface area contributed by atoms with Gasteiger partial charge in [-0.25, -0.2) is 0 Å². The van der Waals surface area contributed by atoms with Crippen molar-refractivity contribution in [3.63, 3.8) is 0 Å². The van der Waals surface area contributed by atoms with Crippen molar-refractivity contribution in [3.05, 3.63) is 34.3 Å². The summed E-state index contributed by atoms with van der Waals surface area (Å²) in [5.41, 5.74) is 2.33. The highest BCUT2D eigenvalue weighted by Crippen LogP contribution is 2.26. The first kappa shape index (κ1) is 12.8. The molecule has 1 saturated heterocycles. The zero-order valence-electron chi connectivity index (χ0n) is 10.1. The van der Waals surface area contributed by atoms with Crippen LogP contribution >= 0.6 is 11.6 Å². The highest BCUT2D eigenvalue weighted by Gasteiger charge is 2.22. The molecule has 0 radical (unpaired) electrons. The van der Waals surface area contributed by atoms with E-state index >= 15 is 0 Å². The lowest BCUT2D eigenvalue weighted by molar-refractivity contribution is 0.110. The molecule has 94 valence electrons.